The molecule has 0 unspecified atom stereocenters. The van der Waals surface area contributed by atoms with E-state index in [1.807, 2.05) is 5.01 Å². The highest BCUT2D eigenvalue weighted by molar-refractivity contribution is 5.54. The SMILES string of the molecule is C=NN(CCCCC)c1ccccc1CC. The Morgan fingerprint density at radius 3 is 2.56 bits per heavy atom. The molecule has 1 rings (SSSR count). The zero-order valence-electron chi connectivity index (χ0n) is 10.4. The fourth-order valence-electron chi connectivity index (χ4n) is 1.84. The molecule has 0 saturated carbocycles. The van der Waals surface area contributed by atoms with Gasteiger partial charge in [0.2, 0.25) is 0 Å². The van der Waals surface area contributed by atoms with Crippen LogP contribution in [0.2, 0.25) is 0 Å². The number of nitrogens with zero attached hydrogens (tertiary/aromatic N) is 2. The van der Waals surface area contributed by atoms with Crippen molar-refractivity contribution in [3.8, 4) is 0 Å². The van der Waals surface area contributed by atoms with Crippen LogP contribution in [0.3, 0.4) is 0 Å². The normalized spacial score (nSPS) is 10.1. The third-order valence-electron chi connectivity index (χ3n) is 2.79. The molecule has 0 aliphatic carbocycles. The first-order chi connectivity index (χ1) is 7.83. The van der Waals surface area contributed by atoms with E-state index in [4.69, 9.17) is 0 Å². The maximum Gasteiger partial charge on any atom is 0.0625 e. The second-order valence-electron chi connectivity index (χ2n) is 3.95. The van der Waals surface area contributed by atoms with Crippen molar-refractivity contribution in [2.45, 2.75) is 39.5 Å². The van der Waals surface area contributed by atoms with Crippen LogP contribution < -0.4 is 5.01 Å². The summed E-state index contributed by atoms with van der Waals surface area (Å²) in [4.78, 5) is 0. The molecule has 0 amide bonds. The van der Waals surface area contributed by atoms with E-state index in [1.54, 1.807) is 0 Å². The highest BCUT2D eigenvalue weighted by Gasteiger charge is 2.07. The van der Waals surface area contributed by atoms with Crippen LogP contribution >= 0.6 is 0 Å². The lowest BCUT2D eigenvalue weighted by Gasteiger charge is -2.21. The van der Waals surface area contributed by atoms with Gasteiger partial charge in [-0.05, 0) is 24.5 Å². The van der Waals surface area contributed by atoms with Gasteiger partial charge in [0.25, 0.3) is 0 Å². The van der Waals surface area contributed by atoms with Gasteiger partial charge in [0.15, 0.2) is 0 Å². The van der Waals surface area contributed by atoms with Crippen LogP contribution in [0.15, 0.2) is 29.4 Å². The second kappa shape index (κ2) is 7.04. The number of rotatable bonds is 7. The van der Waals surface area contributed by atoms with Crippen LogP contribution in [0.4, 0.5) is 5.69 Å². The van der Waals surface area contributed by atoms with E-state index in [9.17, 15) is 0 Å². The third-order valence-corrected chi connectivity index (χ3v) is 2.79. The lowest BCUT2D eigenvalue weighted by atomic mass is 10.1. The van der Waals surface area contributed by atoms with Crippen LogP contribution in [-0.4, -0.2) is 13.3 Å². The summed E-state index contributed by atoms with van der Waals surface area (Å²) >= 11 is 0. The van der Waals surface area contributed by atoms with Gasteiger partial charge in [-0.15, -0.1) is 0 Å². The van der Waals surface area contributed by atoms with Crippen LogP contribution in [0.5, 0.6) is 0 Å². The maximum absolute atomic E-state index is 4.12. The number of hydrazone groups is 1. The lowest BCUT2D eigenvalue weighted by molar-refractivity contribution is 0.689. The number of anilines is 1. The Hall–Kier alpha value is -1.31. The van der Waals surface area contributed by atoms with E-state index in [0.717, 1.165) is 13.0 Å². The number of benzene rings is 1. The van der Waals surface area contributed by atoms with Gasteiger partial charge in [-0.1, -0.05) is 44.9 Å². The number of para-hydroxylation sites is 1. The molecular weight excluding hydrogens is 196 g/mol. The van der Waals surface area contributed by atoms with Crippen molar-refractivity contribution in [1.29, 1.82) is 0 Å². The molecule has 88 valence electrons. The quantitative estimate of drug-likeness (QED) is 0.385. The van der Waals surface area contributed by atoms with Gasteiger partial charge in [-0.2, -0.15) is 5.10 Å². The molecular formula is C14H22N2. The fourth-order valence-corrected chi connectivity index (χ4v) is 1.84. The molecule has 0 aliphatic heterocycles. The molecule has 0 aromatic heterocycles. The van der Waals surface area contributed by atoms with Crippen molar-refractivity contribution in [3.05, 3.63) is 29.8 Å². The fraction of sp³-hybridized carbons (Fsp3) is 0.500. The Kier molecular flexibility index (Phi) is 5.62. The summed E-state index contributed by atoms with van der Waals surface area (Å²) in [6, 6.07) is 8.43. The van der Waals surface area contributed by atoms with Gasteiger partial charge in [-0.25, -0.2) is 0 Å². The van der Waals surface area contributed by atoms with Gasteiger partial charge < -0.3 is 0 Å². The highest BCUT2D eigenvalue weighted by Crippen LogP contribution is 2.21. The summed E-state index contributed by atoms with van der Waals surface area (Å²) in [6.45, 7) is 9.02. The zero-order valence-corrected chi connectivity index (χ0v) is 10.4. The molecule has 0 heterocycles. The first-order valence-electron chi connectivity index (χ1n) is 6.15. The summed E-state index contributed by atoms with van der Waals surface area (Å²) in [6.07, 6.45) is 4.70. The molecule has 2 nitrogen and oxygen atoms in total. The molecule has 0 fully saturated rings. The number of hydrogen-bond donors (Lipinski definition) is 0. The van der Waals surface area contributed by atoms with E-state index in [0.29, 0.717) is 0 Å². The first-order valence-corrected chi connectivity index (χ1v) is 6.15. The van der Waals surface area contributed by atoms with Gasteiger partial charge in [0, 0.05) is 13.3 Å². The Labute approximate surface area is 99.0 Å². The zero-order chi connectivity index (χ0) is 11.8. The molecule has 0 aliphatic rings. The van der Waals surface area contributed by atoms with Crippen LogP contribution in [0.25, 0.3) is 0 Å². The molecule has 0 bridgehead atoms. The largest absolute Gasteiger partial charge is 0.266 e. The smallest absolute Gasteiger partial charge is 0.0625 e. The molecule has 16 heavy (non-hydrogen) atoms. The number of aryl methyl sites for hydroxylation is 1. The summed E-state index contributed by atoms with van der Waals surface area (Å²) < 4.78 is 0. The minimum atomic E-state index is 0.967. The average Bonchev–Trinajstić information content (AvgIpc) is 2.35. The maximum atomic E-state index is 4.12. The Balaban J connectivity index is 2.73. The highest BCUT2D eigenvalue weighted by atomic mass is 15.4. The molecule has 1 aromatic carbocycles. The Morgan fingerprint density at radius 2 is 1.94 bits per heavy atom. The Morgan fingerprint density at radius 1 is 1.19 bits per heavy atom. The minimum Gasteiger partial charge on any atom is -0.266 e. The molecule has 0 N–H and O–H groups in total. The second-order valence-corrected chi connectivity index (χ2v) is 3.95. The van der Waals surface area contributed by atoms with Crippen molar-refractivity contribution in [1.82, 2.24) is 0 Å². The summed E-state index contributed by atoms with van der Waals surface area (Å²) in [7, 11) is 0. The van der Waals surface area contributed by atoms with Gasteiger partial charge in [0.05, 0.1) is 5.69 Å². The Bertz CT molecular complexity index is 320. The van der Waals surface area contributed by atoms with E-state index in [1.165, 1.54) is 30.5 Å². The van der Waals surface area contributed by atoms with Crippen LogP contribution in [-0.2, 0) is 6.42 Å². The van der Waals surface area contributed by atoms with Crippen molar-refractivity contribution in [2.75, 3.05) is 11.6 Å². The first kappa shape index (κ1) is 12.8. The van der Waals surface area contributed by atoms with Crippen molar-refractivity contribution in [2.24, 2.45) is 5.10 Å². The van der Waals surface area contributed by atoms with Crippen LogP contribution in [0, 0.1) is 0 Å². The van der Waals surface area contributed by atoms with E-state index in [2.05, 4.69) is 49.9 Å². The van der Waals surface area contributed by atoms with Gasteiger partial charge in [0.1, 0.15) is 0 Å². The monoisotopic (exact) mass is 218 g/mol. The van der Waals surface area contributed by atoms with Gasteiger partial charge in [-0.3, -0.25) is 5.01 Å². The molecule has 0 spiro atoms. The molecule has 0 radical (unpaired) electrons. The summed E-state index contributed by atoms with van der Waals surface area (Å²) in [5, 5.41) is 6.14. The predicted molar refractivity (Wildman–Crippen MR) is 72.2 cm³/mol. The summed E-state index contributed by atoms with van der Waals surface area (Å²) in [5.74, 6) is 0. The minimum absolute atomic E-state index is 0.967. The van der Waals surface area contributed by atoms with Crippen molar-refractivity contribution >= 4 is 12.4 Å². The molecule has 2 heteroatoms. The van der Waals surface area contributed by atoms with Crippen LogP contribution in [0.1, 0.15) is 38.7 Å². The molecule has 0 atom stereocenters. The summed E-state index contributed by atoms with van der Waals surface area (Å²) in [5.41, 5.74) is 2.54. The van der Waals surface area contributed by atoms with E-state index < -0.39 is 0 Å². The van der Waals surface area contributed by atoms with Crippen molar-refractivity contribution < 1.29 is 0 Å². The topological polar surface area (TPSA) is 15.6 Å². The van der Waals surface area contributed by atoms with E-state index in [-0.39, 0.29) is 0 Å². The predicted octanol–water partition coefficient (Wildman–Crippen LogP) is 3.86. The van der Waals surface area contributed by atoms with E-state index >= 15 is 0 Å². The lowest BCUT2D eigenvalue weighted by Crippen LogP contribution is -2.18. The molecule has 0 saturated heterocycles. The van der Waals surface area contributed by atoms with Crippen molar-refractivity contribution in [3.63, 3.8) is 0 Å². The average molecular weight is 218 g/mol. The number of unbranched alkanes of at least 4 members (excludes halogenated alkanes) is 2. The third kappa shape index (κ3) is 3.37. The molecule has 1 aromatic rings. The standard InChI is InChI=1S/C14H22N2/c1-4-6-9-12-16(15-3)14-11-8-7-10-13(14)5-2/h7-8,10-11H,3-6,9,12H2,1-2H3. The van der Waals surface area contributed by atoms with Gasteiger partial charge >= 0.3 is 0 Å². The number of hydrogen-bond acceptors (Lipinski definition) is 2.